The van der Waals surface area contributed by atoms with Gasteiger partial charge >= 0.3 is 0 Å². The second kappa shape index (κ2) is 2.35. The second-order valence-corrected chi connectivity index (χ2v) is 2.60. The van der Waals surface area contributed by atoms with Gasteiger partial charge in [-0.2, -0.15) is 0 Å². The minimum absolute atomic E-state index is 0.0694. The zero-order valence-electron chi connectivity index (χ0n) is 5.55. The Balaban J connectivity index is 2.39. The Morgan fingerprint density at radius 1 is 1.67 bits per heavy atom. The molecule has 0 bridgehead atoms. The van der Waals surface area contributed by atoms with Crippen LogP contribution in [0.25, 0.3) is 0 Å². The van der Waals surface area contributed by atoms with Gasteiger partial charge in [0.25, 0.3) is 0 Å². The first-order valence-corrected chi connectivity index (χ1v) is 3.25. The SMILES string of the molecule is C[C@@H]1CC[C@@H](C(N)=O)N1. The molecular weight excluding hydrogens is 116 g/mol. The lowest BCUT2D eigenvalue weighted by Crippen LogP contribution is -2.38. The maximum atomic E-state index is 10.5. The van der Waals surface area contributed by atoms with Crippen LogP contribution in [-0.2, 0) is 4.79 Å². The number of nitrogens with one attached hydrogen (secondary N) is 1. The maximum Gasteiger partial charge on any atom is 0.234 e. The van der Waals surface area contributed by atoms with E-state index in [1.54, 1.807) is 0 Å². The van der Waals surface area contributed by atoms with Crippen molar-refractivity contribution in [2.24, 2.45) is 5.73 Å². The minimum atomic E-state index is -0.223. The molecule has 0 aromatic heterocycles. The Kier molecular flexibility index (Phi) is 1.71. The molecule has 1 rings (SSSR count). The van der Waals surface area contributed by atoms with Crippen molar-refractivity contribution >= 4 is 5.91 Å². The first-order chi connectivity index (χ1) is 4.20. The number of nitrogens with two attached hydrogens (primary N) is 1. The zero-order valence-corrected chi connectivity index (χ0v) is 5.55. The van der Waals surface area contributed by atoms with E-state index in [1.807, 2.05) is 0 Å². The Hall–Kier alpha value is -0.570. The maximum absolute atomic E-state index is 10.5. The van der Waals surface area contributed by atoms with Crippen LogP contribution in [0.5, 0.6) is 0 Å². The lowest BCUT2D eigenvalue weighted by Gasteiger charge is -2.05. The molecular formula is C6H12N2O. The highest BCUT2D eigenvalue weighted by atomic mass is 16.1. The van der Waals surface area contributed by atoms with Crippen molar-refractivity contribution in [3.8, 4) is 0 Å². The molecule has 1 saturated heterocycles. The number of primary amides is 1. The van der Waals surface area contributed by atoms with E-state index in [-0.39, 0.29) is 11.9 Å². The summed E-state index contributed by atoms with van der Waals surface area (Å²) in [6, 6.07) is 0.391. The number of carbonyl (C=O) groups excluding carboxylic acids is 1. The van der Waals surface area contributed by atoms with Gasteiger partial charge in [0.2, 0.25) is 5.91 Å². The van der Waals surface area contributed by atoms with Gasteiger partial charge in [-0.15, -0.1) is 0 Å². The molecule has 1 aliphatic heterocycles. The average molecular weight is 128 g/mol. The van der Waals surface area contributed by atoms with Crippen LogP contribution in [0.1, 0.15) is 19.8 Å². The number of hydrogen-bond acceptors (Lipinski definition) is 2. The molecule has 1 fully saturated rings. The summed E-state index contributed by atoms with van der Waals surface area (Å²) in [4.78, 5) is 10.5. The Labute approximate surface area is 54.6 Å². The van der Waals surface area contributed by atoms with Crippen molar-refractivity contribution in [1.29, 1.82) is 0 Å². The number of carbonyl (C=O) groups is 1. The summed E-state index contributed by atoms with van der Waals surface area (Å²) in [6.07, 6.45) is 1.96. The minimum Gasteiger partial charge on any atom is -0.368 e. The van der Waals surface area contributed by atoms with Crippen LogP contribution in [-0.4, -0.2) is 18.0 Å². The first-order valence-electron chi connectivity index (χ1n) is 3.25. The second-order valence-electron chi connectivity index (χ2n) is 2.60. The number of amides is 1. The summed E-state index contributed by atoms with van der Waals surface area (Å²) in [5.41, 5.74) is 5.06. The molecule has 0 saturated carbocycles. The Bertz CT molecular complexity index is 124. The van der Waals surface area contributed by atoms with Crippen molar-refractivity contribution < 1.29 is 4.79 Å². The van der Waals surface area contributed by atoms with Crippen LogP contribution in [0.2, 0.25) is 0 Å². The standard InChI is InChI=1S/C6H12N2O/c1-4-2-3-5(8-4)6(7)9/h4-5,8H,2-3H2,1H3,(H2,7,9)/t4-,5+/m1/s1. The van der Waals surface area contributed by atoms with E-state index in [4.69, 9.17) is 5.73 Å². The number of hydrogen-bond donors (Lipinski definition) is 2. The highest BCUT2D eigenvalue weighted by Crippen LogP contribution is 2.10. The van der Waals surface area contributed by atoms with E-state index in [0.717, 1.165) is 12.8 Å². The van der Waals surface area contributed by atoms with Crippen LogP contribution in [0.3, 0.4) is 0 Å². The van der Waals surface area contributed by atoms with Gasteiger partial charge in [-0.1, -0.05) is 0 Å². The highest BCUT2D eigenvalue weighted by Gasteiger charge is 2.23. The fraction of sp³-hybridized carbons (Fsp3) is 0.833. The van der Waals surface area contributed by atoms with E-state index < -0.39 is 0 Å². The summed E-state index contributed by atoms with van der Waals surface area (Å²) >= 11 is 0. The summed E-state index contributed by atoms with van der Waals surface area (Å²) in [5.74, 6) is -0.223. The van der Waals surface area contributed by atoms with Crippen molar-refractivity contribution in [1.82, 2.24) is 5.32 Å². The molecule has 0 unspecified atom stereocenters. The third-order valence-corrected chi connectivity index (χ3v) is 1.72. The fourth-order valence-electron chi connectivity index (χ4n) is 1.15. The van der Waals surface area contributed by atoms with E-state index in [2.05, 4.69) is 12.2 Å². The lowest BCUT2D eigenvalue weighted by molar-refractivity contribution is -0.119. The van der Waals surface area contributed by atoms with Crippen molar-refractivity contribution in [3.63, 3.8) is 0 Å². The molecule has 0 aromatic carbocycles. The van der Waals surface area contributed by atoms with E-state index in [9.17, 15) is 4.79 Å². The van der Waals surface area contributed by atoms with Gasteiger partial charge in [-0.25, -0.2) is 0 Å². The molecule has 0 spiro atoms. The molecule has 0 radical (unpaired) electrons. The summed E-state index contributed by atoms with van der Waals surface area (Å²) in [5, 5.41) is 3.08. The first kappa shape index (κ1) is 6.55. The van der Waals surface area contributed by atoms with Crippen LogP contribution >= 0.6 is 0 Å². The molecule has 1 amide bonds. The molecule has 3 N–H and O–H groups in total. The largest absolute Gasteiger partial charge is 0.368 e. The van der Waals surface area contributed by atoms with Crippen LogP contribution in [0.15, 0.2) is 0 Å². The Morgan fingerprint density at radius 3 is 2.56 bits per heavy atom. The molecule has 1 heterocycles. The van der Waals surface area contributed by atoms with Gasteiger partial charge in [0.05, 0.1) is 6.04 Å². The molecule has 2 atom stereocenters. The van der Waals surface area contributed by atoms with Gasteiger partial charge < -0.3 is 11.1 Å². The molecule has 3 nitrogen and oxygen atoms in total. The van der Waals surface area contributed by atoms with Gasteiger partial charge in [-0.05, 0) is 19.8 Å². The average Bonchev–Trinajstić information content (AvgIpc) is 2.14. The third kappa shape index (κ3) is 1.42. The molecule has 1 aliphatic rings. The molecule has 3 heteroatoms. The van der Waals surface area contributed by atoms with Gasteiger partial charge in [0.1, 0.15) is 0 Å². The fourth-order valence-corrected chi connectivity index (χ4v) is 1.15. The van der Waals surface area contributed by atoms with Crippen LogP contribution < -0.4 is 11.1 Å². The van der Waals surface area contributed by atoms with Gasteiger partial charge in [-0.3, -0.25) is 4.79 Å². The Morgan fingerprint density at radius 2 is 2.33 bits per heavy atom. The molecule has 0 aromatic rings. The summed E-state index contributed by atoms with van der Waals surface area (Å²) < 4.78 is 0. The van der Waals surface area contributed by atoms with Gasteiger partial charge in [0, 0.05) is 6.04 Å². The van der Waals surface area contributed by atoms with Crippen molar-refractivity contribution in [3.05, 3.63) is 0 Å². The van der Waals surface area contributed by atoms with Crippen LogP contribution in [0, 0.1) is 0 Å². The molecule has 0 aliphatic carbocycles. The van der Waals surface area contributed by atoms with E-state index in [0.29, 0.717) is 6.04 Å². The quantitative estimate of drug-likeness (QED) is 0.505. The highest BCUT2D eigenvalue weighted by molar-refractivity contribution is 5.80. The monoisotopic (exact) mass is 128 g/mol. The molecule has 52 valence electrons. The predicted molar refractivity (Wildman–Crippen MR) is 34.8 cm³/mol. The summed E-state index contributed by atoms with van der Waals surface area (Å²) in [6.45, 7) is 2.06. The summed E-state index contributed by atoms with van der Waals surface area (Å²) in [7, 11) is 0. The predicted octanol–water partition coefficient (Wildman–Crippen LogP) is -0.388. The topological polar surface area (TPSA) is 55.1 Å². The third-order valence-electron chi connectivity index (χ3n) is 1.72. The number of rotatable bonds is 1. The van der Waals surface area contributed by atoms with Crippen LogP contribution in [0.4, 0.5) is 0 Å². The lowest BCUT2D eigenvalue weighted by atomic mass is 10.2. The molecule has 9 heavy (non-hydrogen) atoms. The van der Waals surface area contributed by atoms with E-state index in [1.165, 1.54) is 0 Å². The van der Waals surface area contributed by atoms with Crippen molar-refractivity contribution in [2.75, 3.05) is 0 Å². The normalized spacial score (nSPS) is 34.8. The van der Waals surface area contributed by atoms with Crippen molar-refractivity contribution in [2.45, 2.75) is 31.8 Å². The smallest absolute Gasteiger partial charge is 0.234 e. The zero-order chi connectivity index (χ0) is 6.85. The van der Waals surface area contributed by atoms with Gasteiger partial charge in [0.15, 0.2) is 0 Å². The van der Waals surface area contributed by atoms with E-state index >= 15 is 0 Å².